The standard InChI is InChI=1S/C17H17N7O/c1-23-8-12-9-24(10-15(12)22-23)17(25)21-16-13(18)4-5-14(20-16)11-3-2-6-19-7-11/h2-8H,9-10,18H2,1H3,(H,20,21,25). The summed E-state index contributed by atoms with van der Waals surface area (Å²) in [7, 11) is 1.87. The van der Waals surface area contributed by atoms with Crippen LogP contribution in [-0.4, -0.2) is 30.7 Å². The zero-order chi connectivity index (χ0) is 17.4. The molecule has 0 aromatic carbocycles. The highest BCUT2D eigenvalue weighted by molar-refractivity contribution is 5.92. The van der Waals surface area contributed by atoms with Crippen molar-refractivity contribution in [3.8, 4) is 11.3 Å². The van der Waals surface area contributed by atoms with E-state index >= 15 is 0 Å². The molecule has 8 nitrogen and oxygen atoms in total. The summed E-state index contributed by atoms with van der Waals surface area (Å²) in [4.78, 5) is 22.8. The molecule has 3 N–H and O–H groups in total. The molecule has 0 aliphatic carbocycles. The number of hydrogen-bond acceptors (Lipinski definition) is 5. The summed E-state index contributed by atoms with van der Waals surface area (Å²) in [5.74, 6) is 0.344. The van der Waals surface area contributed by atoms with Crippen LogP contribution in [0.1, 0.15) is 11.3 Å². The number of nitrogen functional groups attached to an aromatic ring is 1. The summed E-state index contributed by atoms with van der Waals surface area (Å²) >= 11 is 0. The van der Waals surface area contributed by atoms with Crippen LogP contribution in [0, 0.1) is 0 Å². The van der Waals surface area contributed by atoms with Gasteiger partial charge in [0, 0.05) is 36.8 Å². The molecule has 0 bridgehead atoms. The van der Waals surface area contributed by atoms with Gasteiger partial charge in [-0.15, -0.1) is 0 Å². The maximum Gasteiger partial charge on any atom is 0.323 e. The van der Waals surface area contributed by atoms with E-state index in [-0.39, 0.29) is 6.03 Å². The number of nitrogens with one attached hydrogen (secondary N) is 1. The number of aromatic nitrogens is 4. The second-order valence-corrected chi connectivity index (χ2v) is 5.94. The smallest absolute Gasteiger partial charge is 0.323 e. The minimum Gasteiger partial charge on any atom is -0.396 e. The summed E-state index contributed by atoms with van der Waals surface area (Å²) in [6.07, 6.45) is 5.34. The van der Waals surface area contributed by atoms with Gasteiger partial charge >= 0.3 is 6.03 Å². The number of hydrogen-bond donors (Lipinski definition) is 2. The van der Waals surface area contributed by atoms with Gasteiger partial charge in [0.25, 0.3) is 0 Å². The maximum atomic E-state index is 12.5. The number of carbonyl (C=O) groups excluding carboxylic acids is 1. The van der Waals surface area contributed by atoms with Gasteiger partial charge in [0.2, 0.25) is 0 Å². The first-order chi connectivity index (χ1) is 12.1. The second-order valence-electron chi connectivity index (χ2n) is 5.94. The minimum absolute atomic E-state index is 0.247. The molecule has 0 atom stereocenters. The lowest BCUT2D eigenvalue weighted by atomic mass is 10.2. The van der Waals surface area contributed by atoms with Gasteiger partial charge in [0.05, 0.1) is 30.2 Å². The van der Waals surface area contributed by atoms with Crippen LogP contribution in [0.2, 0.25) is 0 Å². The molecule has 126 valence electrons. The fourth-order valence-electron chi connectivity index (χ4n) is 2.86. The highest BCUT2D eigenvalue weighted by Crippen LogP contribution is 2.25. The summed E-state index contributed by atoms with van der Waals surface area (Å²) in [6, 6.07) is 7.02. The summed E-state index contributed by atoms with van der Waals surface area (Å²) < 4.78 is 1.76. The van der Waals surface area contributed by atoms with Crippen LogP contribution >= 0.6 is 0 Å². The Labute approximate surface area is 144 Å². The van der Waals surface area contributed by atoms with Gasteiger partial charge in [-0.1, -0.05) is 0 Å². The van der Waals surface area contributed by atoms with Crippen LogP contribution in [0.4, 0.5) is 16.3 Å². The molecule has 4 rings (SSSR count). The first-order valence-corrected chi connectivity index (χ1v) is 7.84. The highest BCUT2D eigenvalue weighted by atomic mass is 16.2. The minimum atomic E-state index is -0.247. The van der Waals surface area contributed by atoms with Crippen LogP contribution in [0.5, 0.6) is 0 Å². The van der Waals surface area contributed by atoms with Crippen molar-refractivity contribution in [1.82, 2.24) is 24.6 Å². The third-order valence-electron chi connectivity index (χ3n) is 4.09. The average molecular weight is 335 g/mol. The number of pyridine rings is 2. The molecule has 0 fully saturated rings. The monoisotopic (exact) mass is 335 g/mol. The zero-order valence-corrected chi connectivity index (χ0v) is 13.7. The van der Waals surface area contributed by atoms with Crippen molar-refractivity contribution in [2.45, 2.75) is 13.1 Å². The first kappa shape index (κ1) is 15.1. The molecule has 1 aliphatic rings. The van der Waals surface area contributed by atoms with Crippen LogP contribution < -0.4 is 11.1 Å². The Morgan fingerprint density at radius 1 is 1.28 bits per heavy atom. The molecule has 0 spiro atoms. The van der Waals surface area contributed by atoms with E-state index in [0.717, 1.165) is 16.8 Å². The number of nitrogens with two attached hydrogens (primary N) is 1. The molecule has 0 radical (unpaired) electrons. The lowest BCUT2D eigenvalue weighted by Gasteiger charge is -2.17. The van der Waals surface area contributed by atoms with E-state index in [1.165, 1.54) is 0 Å². The molecule has 2 amide bonds. The Balaban J connectivity index is 1.52. The zero-order valence-electron chi connectivity index (χ0n) is 13.7. The van der Waals surface area contributed by atoms with Crippen LogP contribution in [0.3, 0.4) is 0 Å². The molecule has 3 aromatic heterocycles. The second kappa shape index (κ2) is 5.90. The number of anilines is 2. The third kappa shape index (κ3) is 2.89. The SMILES string of the molecule is Cn1cc2c(n1)CN(C(=O)Nc1nc(-c3cccnc3)ccc1N)C2. The van der Waals surface area contributed by atoms with Gasteiger partial charge in [-0.25, -0.2) is 9.78 Å². The summed E-state index contributed by atoms with van der Waals surface area (Å²) in [5, 5.41) is 7.15. The number of carbonyl (C=O) groups is 1. The number of amides is 2. The first-order valence-electron chi connectivity index (χ1n) is 7.84. The Hall–Kier alpha value is -3.42. The quantitative estimate of drug-likeness (QED) is 0.746. The van der Waals surface area contributed by atoms with Crippen molar-refractivity contribution in [3.63, 3.8) is 0 Å². The lowest BCUT2D eigenvalue weighted by molar-refractivity contribution is 0.211. The molecule has 8 heteroatoms. The highest BCUT2D eigenvalue weighted by Gasteiger charge is 2.26. The van der Waals surface area contributed by atoms with Gasteiger partial charge in [0.15, 0.2) is 5.82 Å². The van der Waals surface area contributed by atoms with Gasteiger partial charge < -0.3 is 10.6 Å². The van der Waals surface area contributed by atoms with Crippen molar-refractivity contribution in [1.29, 1.82) is 0 Å². The van der Waals surface area contributed by atoms with Crippen molar-refractivity contribution in [2.75, 3.05) is 11.1 Å². The number of urea groups is 1. The van der Waals surface area contributed by atoms with Gasteiger partial charge in [0.1, 0.15) is 0 Å². The number of fused-ring (bicyclic) bond motifs is 1. The third-order valence-corrected chi connectivity index (χ3v) is 4.09. The normalized spacial score (nSPS) is 12.9. The molecule has 0 saturated carbocycles. The molecule has 1 aliphatic heterocycles. The van der Waals surface area contributed by atoms with E-state index in [1.54, 1.807) is 34.1 Å². The molecular weight excluding hydrogens is 318 g/mol. The lowest BCUT2D eigenvalue weighted by Crippen LogP contribution is -2.31. The van der Waals surface area contributed by atoms with Crippen LogP contribution in [0.25, 0.3) is 11.3 Å². The van der Waals surface area contributed by atoms with Crippen molar-refractivity contribution in [2.24, 2.45) is 7.05 Å². The predicted octanol–water partition coefficient (Wildman–Crippen LogP) is 2.01. The largest absolute Gasteiger partial charge is 0.396 e. The Bertz CT molecular complexity index is 912. The average Bonchev–Trinajstić information content (AvgIpc) is 3.15. The maximum absolute atomic E-state index is 12.5. The summed E-state index contributed by atoms with van der Waals surface area (Å²) in [5.41, 5.74) is 9.92. The van der Waals surface area contributed by atoms with E-state index in [2.05, 4.69) is 20.4 Å². The van der Waals surface area contributed by atoms with E-state index in [4.69, 9.17) is 5.73 Å². The molecule has 4 heterocycles. The van der Waals surface area contributed by atoms with Gasteiger partial charge in [-0.2, -0.15) is 5.10 Å². The van der Waals surface area contributed by atoms with E-state index in [0.29, 0.717) is 30.3 Å². The Kier molecular flexibility index (Phi) is 3.57. The van der Waals surface area contributed by atoms with Crippen molar-refractivity contribution in [3.05, 3.63) is 54.1 Å². The van der Waals surface area contributed by atoms with E-state index in [9.17, 15) is 4.79 Å². The fraction of sp³-hybridized carbons (Fsp3) is 0.176. The molecule has 0 unspecified atom stereocenters. The number of aryl methyl sites for hydroxylation is 1. The van der Waals surface area contributed by atoms with Gasteiger partial charge in [-0.3, -0.25) is 15.0 Å². The van der Waals surface area contributed by atoms with Gasteiger partial charge in [-0.05, 0) is 24.3 Å². The molecule has 0 saturated heterocycles. The summed E-state index contributed by atoms with van der Waals surface area (Å²) in [6.45, 7) is 1.00. The molecule has 25 heavy (non-hydrogen) atoms. The van der Waals surface area contributed by atoms with Crippen LogP contribution in [0.15, 0.2) is 42.9 Å². The molecular formula is C17H17N7O. The Morgan fingerprint density at radius 3 is 2.92 bits per heavy atom. The fourth-order valence-corrected chi connectivity index (χ4v) is 2.86. The van der Waals surface area contributed by atoms with E-state index in [1.807, 2.05) is 25.4 Å². The van der Waals surface area contributed by atoms with E-state index < -0.39 is 0 Å². The number of nitrogens with zero attached hydrogens (tertiary/aromatic N) is 5. The van der Waals surface area contributed by atoms with Crippen LogP contribution in [-0.2, 0) is 20.1 Å². The molecule has 3 aromatic rings. The number of rotatable bonds is 2. The Morgan fingerprint density at radius 2 is 2.16 bits per heavy atom. The topological polar surface area (TPSA) is 102 Å². The van der Waals surface area contributed by atoms with Crippen molar-refractivity contribution < 1.29 is 4.79 Å². The van der Waals surface area contributed by atoms with Crippen molar-refractivity contribution >= 4 is 17.5 Å². The predicted molar refractivity (Wildman–Crippen MR) is 93.4 cm³/mol.